The van der Waals surface area contributed by atoms with Gasteiger partial charge in [-0.1, -0.05) is 40.5 Å². The van der Waals surface area contributed by atoms with Crippen molar-refractivity contribution in [1.29, 1.82) is 0 Å². The fraction of sp³-hybridized carbons (Fsp3) is 1.00. The van der Waals surface area contributed by atoms with Gasteiger partial charge in [-0.2, -0.15) is 0 Å². The first-order valence-electron chi connectivity index (χ1n) is 5.70. The Labute approximate surface area is 101 Å². The van der Waals surface area contributed by atoms with E-state index in [0.717, 1.165) is 24.7 Å². The van der Waals surface area contributed by atoms with E-state index in [2.05, 4.69) is 27.7 Å². The van der Waals surface area contributed by atoms with Crippen LogP contribution < -0.4 is 18.9 Å². The Kier molecular flexibility index (Phi) is 5.81. The van der Waals surface area contributed by atoms with Gasteiger partial charge in [0.1, 0.15) is 0 Å². The summed E-state index contributed by atoms with van der Waals surface area (Å²) < 4.78 is 0. The van der Waals surface area contributed by atoms with Gasteiger partial charge in [0.25, 0.3) is 0 Å². The van der Waals surface area contributed by atoms with Gasteiger partial charge in [-0.25, -0.2) is 0 Å². The maximum absolute atomic E-state index is 7.73. The van der Waals surface area contributed by atoms with E-state index in [4.69, 9.17) is 5.73 Å². The molecule has 0 bridgehead atoms. The van der Waals surface area contributed by atoms with Crippen LogP contribution in [0.4, 0.5) is 0 Å². The van der Waals surface area contributed by atoms with E-state index < -0.39 is 0 Å². The molecule has 1 aliphatic rings. The molecular weight excluding hydrogens is 165 g/mol. The molecule has 0 atom stereocenters. The monoisotopic (exact) mass is 189 g/mol. The Bertz CT molecular complexity index is 148. The molecule has 0 aliphatic heterocycles. The quantitative estimate of drug-likeness (QED) is 0.584. The van der Waals surface area contributed by atoms with Crippen molar-refractivity contribution in [3.8, 4) is 0 Å². The molecule has 0 amide bonds. The molecule has 78 valence electrons. The standard InChI is InChI=1S/C12H24N.Li/c1-9(2)12(10(3)4)7-5-11(13)6-8-12;/h9-11,13H,5-8H2,1-4H3;/q-1;+1. The predicted molar refractivity (Wildman–Crippen MR) is 58.7 cm³/mol. The average molecular weight is 189 g/mol. The van der Waals surface area contributed by atoms with Crippen LogP contribution in [-0.4, -0.2) is 6.04 Å². The number of rotatable bonds is 2. The van der Waals surface area contributed by atoms with Crippen LogP contribution in [-0.2, 0) is 0 Å². The van der Waals surface area contributed by atoms with Crippen LogP contribution in [0.15, 0.2) is 0 Å². The van der Waals surface area contributed by atoms with Gasteiger partial charge in [-0.3, -0.25) is 0 Å². The van der Waals surface area contributed by atoms with Crippen molar-refractivity contribution in [1.82, 2.24) is 0 Å². The van der Waals surface area contributed by atoms with E-state index in [9.17, 15) is 0 Å². The van der Waals surface area contributed by atoms with Gasteiger partial charge in [0.15, 0.2) is 0 Å². The van der Waals surface area contributed by atoms with E-state index in [1.807, 2.05) is 0 Å². The molecule has 0 unspecified atom stereocenters. The van der Waals surface area contributed by atoms with Crippen LogP contribution in [0.25, 0.3) is 5.73 Å². The third kappa shape index (κ3) is 2.78. The Balaban J connectivity index is 0.00000169. The molecule has 1 N–H and O–H groups in total. The minimum absolute atomic E-state index is 0. The third-order valence-corrected chi connectivity index (χ3v) is 4.22. The number of nitrogens with one attached hydrogen (secondary N) is 1. The van der Waals surface area contributed by atoms with Gasteiger partial charge in [-0.15, -0.1) is 6.04 Å². The van der Waals surface area contributed by atoms with Crippen LogP contribution in [0.2, 0.25) is 0 Å². The molecule has 1 rings (SSSR count). The van der Waals surface area contributed by atoms with Gasteiger partial charge in [0.05, 0.1) is 0 Å². The summed E-state index contributed by atoms with van der Waals surface area (Å²) in [5, 5.41) is 0. The van der Waals surface area contributed by atoms with Gasteiger partial charge >= 0.3 is 18.9 Å². The average Bonchev–Trinajstić information content (AvgIpc) is 2.04. The molecule has 1 saturated carbocycles. The van der Waals surface area contributed by atoms with Crippen molar-refractivity contribution in [2.75, 3.05) is 0 Å². The first-order valence-corrected chi connectivity index (χ1v) is 5.70. The second kappa shape index (κ2) is 5.59. The summed E-state index contributed by atoms with van der Waals surface area (Å²) >= 11 is 0. The molecule has 0 saturated heterocycles. The summed E-state index contributed by atoms with van der Waals surface area (Å²) in [4.78, 5) is 0. The summed E-state index contributed by atoms with van der Waals surface area (Å²) in [6, 6.07) is 0.227. The Morgan fingerprint density at radius 3 is 1.64 bits per heavy atom. The molecule has 0 aromatic carbocycles. The van der Waals surface area contributed by atoms with Crippen LogP contribution >= 0.6 is 0 Å². The molecule has 1 nitrogen and oxygen atoms in total. The third-order valence-electron chi connectivity index (χ3n) is 4.22. The Hall–Kier alpha value is 0.557. The predicted octanol–water partition coefficient (Wildman–Crippen LogP) is 1.28. The number of hydrogen-bond acceptors (Lipinski definition) is 0. The maximum atomic E-state index is 7.73. The van der Waals surface area contributed by atoms with Crippen LogP contribution in [0.5, 0.6) is 0 Å². The summed E-state index contributed by atoms with van der Waals surface area (Å²) in [6.45, 7) is 9.41. The van der Waals surface area contributed by atoms with E-state index in [1.165, 1.54) is 12.8 Å². The van der Waals surface area contributed by atoms with Crippen molar-refractivity contribution < 1.29 is 18.9 Å². The van der Waals surface area contributed by atoms with Crippen LogP contribution in [0.3, 0.4) is 0 Å². The van der Waals surface area contributed by atoms with E-state index in [-0.39, 0.29) is 24.9 Å². The molecule has 0 spiro atoms. The summed E-state index contributed by atoms with van der Waals surface area (Å²) in [5.74, 6) is 1.56. The first kappa shape index (κ1) is 14.6. The van der Waals surface area contributed by atoms with Crippen LogP contribution in [0, 0.1) is 17.3 Å². The normalized spacial score (nSPS) is 22.5. The van der Waals surface area contributed by atoms with Crippen LogP contribution in [0.1, 0.15) is 53.4 Å². The largest absolute Gasteiger partial charge is 1.00 e. The van der Waals surface area contributed by atoms with E-state index in [0.29, 0.717) is 5.41 Å². The zero-order chi connectivity index (χ0) is 10.1. The minimum atomic E-state index is 0. The fourth-order valence-corrected chi connectivity index (χ4v) is 2.98. The van der Waals surface area contributed by atoms with Gasteiger partial charge < -0.3 is 5.73 Å². The molecule has 0 aromatic rings. The Morgan fingerprint density at radius 1 is 1.00 bits per heavy atom. The minimum Gasteiger partial charge on any atom is -0.675 e. The molecule has 0 heterocycles. The smallest absolute Gasteiger partial charge is 0.675 e. The fourth-order valence-electron chi connectivity index (χ4n) is 2.98. The van der Waals surface area contributed by atoms with Gasteiger partial charge in [0.2, 0.25) is 0 Å². The van der Waals surface area contributed by atoms with E-state index in [1.54, 1.807) is 0 Å². The van der Waals surface area contributed by atoms with Crippen molar-refractivity contribution in [2.24, 2.45) is 17.3 Å². The molecular formula is C12H24LiN. The Morgan fingerprint density at radius 2 is 1.36 bits per heavy atom. The molecule has 1 aliphatic carbocycles. The van der Waals surface area contributed by atoms with Crippen molar-refractivity contribution in [3.05, 3.63) is 5.73 Å². The van der Waals surface area contributed by atoms with E-state index >= 15 is 0 Å². The molecule has 14 heavy (non-hydrogen) atoms. The first-order chi connectivity index (χ1) is 5.99. The molecule has 1 fully saturated rings. The second-order valence-electron chi connectivity index (χ2n) is 5.32. The summed E-state index contributed by atoms with van der Waals surface area (Å²) in [6.07, 6.45) is 4.79. The molecule has 2 heteroatoms. The van der Waals surface area contributed by atoms with Crippen molar-refractivity contribution in [3.63, 3.8) is 0 Å². The second-order valence-corrected chi connectivity index (χ2v) is 5.32. The summed E-state index contributed by atoms with van der Waals surface area (Å²) in [5.41, 5.74) is 8.27. The number of hydrogen-bond donors (Lipinski definition) is 0. The zero-order valence-electron chi connectivity index (χ0n) is 10.6. The molecule has 0 aromatic heterocycles. The van der Waals surface area contributed by atoms with Crippen molar-refractivity contribution >= 4 is 0 Å². The maximum Gasteiger partial charge on any atom is 1.00 e. The van der Waals surface area contributed by atoms with Gasteiger partial charge in [-0.05, 0) is 30.1 Å². The summed E-state index contributed by atoms with van der Waals surface area (Å²) in [7, 11) is 0. The topological polar surface area (TPSA) is 23.8 Å². The molecule has 0 radical (unpaired) electrons. The van der Waals surface area contributed by atoms with Crippen molar-refractivity contribution in [2.45, 2.75) is 59.4 Å². The zero-order valence-corrected chi connectivity index (χ0v) is 10.6. The van der Waals surface area contributed by atoms with Gasteiger partial charge in [0, 0.05) is 0 Å². The SMILES string of the molecule is CC(C)C1(C(C)C)CCC([NH-])CC1.[Li+].